The average molecular weight is 161 g/mol. The maximum atomic E-state index is 9.96. The van der Waals surface area contributed by atoms with Gasteiger partial charge < -0.3 is 0 Å². The lowest BCUT2D eigenvalue weighted by molar-refractivity contribution is -0.487. The number of nitro groups is 1. The van der Waals surface area contributed by atoms with Crippen LogP contribution in [-0.2, 0) is 0 Å². The van der Waals surface area contributed by atoms with Crippen molar-refractivity contribution in [3.05, 3.63) is 15.0 Å². The van der Waals surface area contributed by atoms with Gasteiger partial charge in [0.05, 0.1) is 5.29 Å². The smallest absolute Gasteiger partial charge is 0.208 e. The van der Waals surface area contributed by atoms with E-state index in [2.05, 4.69) is 5.29 Å². The SMILES string of the molecule is CC(CN(C)N=O)C[N+](=O)[O-]. The monoisotopic (exact) mass is 161 g/mol. The van der Waals surface area contributed by atoms with Crippen molar-refractivity contribution in [3.63, 3.8) is 0 Å². The van der Waals surface area contributed by atoms with E-state index in [1.165, 1.54) is 7.05 Å². The molecule has 1 atom stereocenters. The number of hydrogen-bond acceptors (Lipinski definition) is 4. The van der Waals surface area contributed by atoms with Crippen molar-refractivity contribution >= 4 is 0 Å². The molecule has 0 bridgehead atoms. The third kappa shape index (κ3) is 5.25. The van der Waals surface area contributed by atoms with Crippen molar-refractivity contribution in [2.75, 3.05) is 20.1 Å². The molecule has 1 unspecified atom stereocenters. The predicted molar refractivity (Wildman–Crippen MR) is 39.5 cm³/mol. The Labute approximate surface area is 64.3 Å². The van der Waals surface area contributed by atoms with Gasteiger partial charge in [0.1, 0.15) is 0 Å². The summed E-state index contributed by atoms with van der Waals surface area (Å²) in [6.07, 6.45) is 0. The number of hydrogen-bond donors (Lipinski definition) is 0. The summed E-state index contributed by atoms with van der Waals surface area (Å²) in [5, 5.41) is 13.7. The molecule has 0 amide bonds. The minimum Gasteiger partial charge on any atom is -0.265 e. The lowest BCUT2D eigenvalue weighted by Gasteiger charge is -2.11. The van der Waals surface area contributed by atoms with Gasteiger partial charge in [0.2, 0.25) is 6.54 Å². The number of nitrogens with zero attached hydrogens (tertiary/aromatic N) is 3. The van der Waals surface area contributed by atoms with Crippen LogP contribution in [0.1, 0.15) is 6.92 Å². The highest BCUT2D eigenvalue weighted by Crippen LogP contribution is 1.97. The van der Waals surface area contributed by atoms with E-state index in [1.54, 1.807) is 6.92 Å². The van der Waals surface area contributed by atoms with Crippen LogP contribution >= 0.6 is 0 Å². The molecule has 0 aromatic heterocycles. The summed E-state index contributed by atoms with van der Waals surface area (Å²) >= 11 is 0. The van der Waals surface area contributed by atoms with Crippen LogP contribution in [0.25, 0.3) is 0 Å². The van der Waals surface area contributed by atoms with E-state index in [4.69, 9.17) is 0 Å². The zero-order valence-corrected chi connectivity index (χ0v) is 6.56. The van der Waals surface area contributed by atoms with Crippen LogP contribution in [0.15, 0.2) is 5.29 Å². The molecule has 0 aromatic rings. The molecule has 0 aliphatic heterocycles. The van der Waals surface area contributed by atoms with Crippen LogP contribution in [0, 0.1) is 20.9 Å². The third-order valence-electron chi connectivity index (χ3n) is 1.18. The fourth-order valence-electron chi connectivity index (χ4n) is 0.797. The van der Waals surface area contributed by atoms with E-state index < -0.39 is 4.92 Å². The van der Waals surface area contributed by atoms with Crippen LogP contribution in [0.3, 0.4) is 0 Å². The summed E-state index contributed by atoms with van der Waals surface area (Å²) in [4.78, 5) is 19.4. The van der Waals surface area contributed by atoms with Gasteiger partial charge in [0.15, 0.2) is 0 Å². The first kappa shape index (κ1) is 9.80. The lowest BCUT2D eigenvalue weighted by Crippen LogP contribution is -2.23. The van der Waals surface area contributed by atoms with Gasteiger partial charge >= 0.3 is 0 Å². The Kier molecular flexibility index (Phi) is 4.09. The topological polar surface area (TPSA) is 75.8 Å². The van der Waals surface area contributed by atoms with E-state index in [0.29, 0.717) is 6.54 Å². The van der Waals surface area contributed by atoms with Crippen molar-refractivity contribution in [3.8, 4) is 0 Å². The highest BCUT2D eigenvalue weighted by Gasteiger charge is 2.11. The Morgan fingerprint density at radius 2 is 2.27 bits per heavy atom. The Hall–Kier alpha value is -1.20. The normalized spacial score (nSPS) is 12.2. The van der Waals surface area contributed by atoms with Crippen molar-refractivity contribution in [1.29, 1.82) is 0 Å². The molecule has 0 aliphatic rings. The van der Waals surface area contributed by atoms with E-state index >= 15 is 0 Å². The summed E-state index contributed by atoms with van der Waals surface area (Å²) in [6.45, 7) is 1.90. The highest BCUT2D eigenvalue weighted by molar-refractivity contribution is 4.53. The standard InChI is InChI=1S/C5H11N3O3/c1-5(4-8(10)11)3-7(2)6-9/h5H,3-4H2,1-2H3. The molecule has 6 heteroatoms. The zero-order chi connectivity index (χ0) is 8.85. The molecule has 0 radical (unpaired) electrons. The maximum absolute atomic E-state index is 9.96. The van der Waals surface area contributed by atoms with Gasteiger partial charge in [-0.2, -0.15) is 0 Å². The van der Waals surface area contributed by atoms with Crippen molar-refractivity contribution in [2.24, 2.45) is 11.2 Å². The van der Waals surface area contributed by atoms with Crippen LogP contribution in [-0.4, -0.2) is 30.1 Å². The second-order valence-corrected chi connectivity index (χ2v) is 2.54. The Balaban J connectivity index is 3.59. The minimum atomic E-state index is -0.399. The van der Waals surface area contributed by atoms with Gasteiger partial charge in [-0.1, -0.05) is 6.92 Å². The molecule has 0 rings (SSSR count). The molecular formula is C5H11N3O3. The molecule has 0 saturated heterocycles. The quantitative estimate of drug-likeness (QED) is 0.334. The van der Waals surface area contributed by atoms with E-state index in [0.717, 1.165) is 5.01 Å². The van der Waals surface area contributed by atoms with Gasteiger partial charge in [0.25, 0.3) is 0 Å². The van der Waals surface area contributed by atoms with E-state index in [9.17, 15) is 15.0 Å². The molecular weight excluding hydrogens is 150 g/mol. The molecule has 0 aliphatic carbocycles. The van der Waals surface area contributed by atoms with Crippen molar-refractivity contribution < 1.29 is 4.92 Å². The molecule has 6 nitrogen and oxygen atoms in total. The Bertz CT molecular complexity index is 150. The fraction of sp³-hybridized carbons (Fsp3) is 1.00. The lowest BCUT2D eigenvalue weighted by atomic mass is 10.2. The summed E-state index contributed by atoms with van der Waals surface area (Å²) in [5.74, 6) is -0.146. The summed E-state index contributed by atoms with van der Waals surface area (Å²) in [6, 6.07) is 0. The van der Waals surface area contributed by atoms with Gasteiger partial charge in [0, 0.05) is 24.4 Å². The second-order valence-electron chi connectivity index (χ2n) is 2.54. The molecule has 11 heavy (non-hydrogen) atoms. The minimum absolute atomic E-state index is 0.125. The number of rotatable bonds is 5. The Morgan fingerprint density at radius 3 is 2.64 bits per heavy atom. The maximum Gasteiger partial charge on any atom is 0.208 e. The molecule has 0 aromatic carbocycles. The van der Waals surface area contributed by atoms with Crippen LogP contribution in [0.4, 0.5) is 0 Å². The summed E-state index contributed by atoms with van der Waals surface area (Å²) in [5.41, 5.74) is 0. The summed E-state index contributed by atoms with van der Waals surface area (Å²) < 4.78 is 0. The fourth-order valence-corrected chi connectivity index (χ4v) is 0.797. The number of nitroso groups, excluding NO2 is 1. The van der Waals surface area contributed by atoms with E-state index in [1.807, 2.05) is 0 Å². The largest absolute Gasteiger partial charge is 0.265 e. The Morgan fingerprint density at radius 1 is 1.73 bits per heavy atom. The van der Waals surface area contributed by atoms with Crippen LogP contribution in [0.2, 0.25) is 0 Å². The molecule has 0 saturated carbocycles. The molecule has 0 N–H and O–H groups in total. The van der Waals surface area contributed by atoms with Crippen molar-refractivity contribution in [1.82, 2.24) is 5.01 Å². The molecule has 64 valence electrons. The van der Waals surface area contributed by atoms with Gasteiger partial charge in [-0.25, -0.2) is 0 Å². The first-order valence-electron chi connectivity index (χ1n) is 3.22. The summed E-state index contributed by atoms with van der Waals surface area (Å²) in [7, 11) is 1.49. The van der Waals surface area contributed by atoms with Gasteiger partial charge in [-0.3, -0.25) is 15.1 Å². The van der Waals surface area contributed by atoms with Gasteiger partial charge in [-0.05, 0) is 0 Å². The van der Waals surface area contributed by atoms with Crippen LogP contribution in [0.5, 0.6) is 0 Å². The predicted octanol–water partition coefficient (Wildman–Crippen LogP) is 0.512. The van der Waals surface area contributed by atoms with Crippen molar-refractivity contribution in [2.45, 2.75) is 6.92 Å². The molecule has 0 spiro atoms. The van der Waals surface area contributed by atoms with E-state index in [-0.39, 0.29) is 12.5 Å². The molecule has 0 fully saturated rings. The average Bonchev–Trinajstić information content (AvgIpc) is 1.85. The zero-order valence-electron chi connectivity index (χ0n) is 6.56. The third-order valence-corrected chi connectivity index (χ3v) is 1.18. The van der Waals surface area contributed by atoms with Gasteiger partial charge in [-0.15, -0.1) is 4.91 Å². The van der Waals surface area contributed by atoms with Crippen LogP contribution < -0.4 is 0 Å². The highest BCUT2D eigenvalue weighted by atomic mass is 16.6. The first-order valence-corrected chi connectivity index (χ1v) is 3.22. The second kappa shape index (κ2) is 4.59. The molecule has 0 heterocycles. The first-order chi connectivity index (χ1) is 5.06.